The fourth-order valence-corrected chi connectivity index (χ4v) is 4.33. The topological polar surface area (TPSA) is 75.2 Å². The van der Waals surface area contributed by atoms with Gasteiger partial charge in [-0.3, -0.25) is 14.5 Å². The molecular weight excluding hydrogens is 420 g/mol. The molecule has 0 N–H and O–H groups in total. The van der Waals surface area contributed by atoms with Gasteiger partial charge in [-0.1, -0.05) is 25.5 Å². The molecule has 0 atom stereocenters. The molecule has 1 aromatic heterocycles. The van der Waals surface area contributed by atoms with Crippen LogP contribution in [0.2, 0.25) is 0 Å². The fourth-order valence-electron chi connectivity index (χ4n) is 4.33. The van der Waals surface area contributed by atoms with Crippen LogP contribution in [0.3, 0.4) is 0 Å². The number of nitrogens with zero attached hydrogens (tertiary/aromatic N) is 4. The summed E-state index contributed by atoms with van der Waals surface area (Å²) in [4.78, 5) is 37.0. The molecule has 0 saturated carbocycles. The van der Waals surface area contributed by atoms with Gasteiger partial charge in [-0.15, -0.1) is 0 Å². The van der Waals surface area contributed by atoms with Crippen molar-refractivity contribution in [3.8, 4) is 11.5 Å². The number of amides is 2. The first kappa shape index (κ1) is 22.6. The Hall–Kier alpha value is -3.55. The van der Waals surface area contributed by atoms with E-state index < -0.39 is 0 Å². The lowest BCUT2D eigenvalue weighted by atomic mass is 10.0. The van der Waals surface area contributed by atoms with Gasteiger partial charge in [0.05, 0.1) is 19.8 Å². The van der Waals surface area contributed by atoms with E-state index in [1.54, 1.807) is 32.5 Å². The summed E-state index contributed by atoms with van der Waals surface area (Å²) in [5, 5.41) is 0. The first-order chi connectivity index (χ1) is 16.1. The number of carbonyl (C=O) groups excluding carboxylic acids is 2. The van der Waals surface area contributed by atoms with E-state index in [1.807, 2.05) is 36.1 Å². The number of piperazine rings is 1. The quantitative estimate of drug-likeness (QED) is 0.573. The maximum absolute atomic E-state index is 13.5. The average Bonchev–Trinajstić information content (AvgIpc) is 3.12. The Morgan fingerprint density at radius 1 is 0.909 bits per heavy atom. The van der Waals surface area contributed by atoms with Crippen LogP contribution in [0.25, 0.3) is 5.57 Å². The Morgan fingerprint density at radius 2 is 1.64 bits per heavy atom. The van der Waals surface area contributed by atoms with E-state index >= 15 is 0 Å². The van der Waals surface area contributed by atoms with E-state index in [-0.39, 0.29) is 11.8 Å². The Labute approximate surface area is 194 Å². The van der Waals surface area contributed by atoms with Crippen LogP contribution in [-0.2, 0) is 9.59 Å². The van der Waals surface area contributed by atoms with Crippen molar-refractivity contribution in [1.29, 1.82) is 0 Å². The molecule has 1 fully saturated rings. The number of hydrogen-bond acceptors (Lipinski definition) is 7. The molecule has 0 aliphatic carbocycles. The molecule has 33 heavy (non-hydrogen) atoms. The minimum atomic E-state index is -0.247. The maximum Gasteiger partial charge on any atom is 0.277 e. The summed E-state index contributed by atoms with van der Waals surface area (Å²) in [5.41, 5.74) is 1.57. The summed E-state index contributed by atoms with van der Waals surface area (Å²) in [7, 11) is 3.13. The Balaban J connectivity index is 1.67. The van der Waals surface area contributed by atoms with Crippen LogP contribution >= 0.6 is 0 Å². The van der Waals surface area contributed by atoms with Gasteiger partial charge < -0.3 is 19.3 Å². The zero-order chi connectivity index (χ0) is 23.4. The molecule has 174 valence electrons. The number of rotatable bonds is 8. The van der Waals surface area contributed by atoms with Crippen LogP contribution < -0.4 is 14.4 Å². The Morgan fingerprint density at radius 3 is 2.27 bits per heavy atom. The van der Waals surface area contributed by atoms with Gasteiger partial charge in [-0.2, -0.15) is 0 Å². The monoisotopic (exact) mass is 450 g/mol. The van der Waals surface area contributed by atoms with Gasteiger partial charge in [0.2, 0.25) is 0 Å². The number of benzene rings is 1. The normalized spacial score (nSPS) is 16.6. The third-order valence-electron chi connectivity index (χ3n) is 6.12. The number of pyridine rings is 1. The standard InChI is InChI=1S/C25H30N4O4/c1-4-5-12-29-24(30)22(18-9-10-19(32-2)20(17-18)33-3)23(25(29)31)28-15-13-27(14-16-28)21-8-6-7-11-26-21/h6-11,17H,4-5,12-16H2,1-3H3. The van der Waals surface area contributed by atoms with Gasteiger partial charge in [0, 0.05) is 38.9 Å². The molecule has 2 amide bonds. The Bertz CT molecular complexity index is 1050. The highest BCUT2D eigenvalue weighted by atomic mass is 16.5. The third kappa shape index (κ3) is 4.37. The van der Waals surface area contributed by atoms with Crippen LogP contribution in [0.4, 0.5) is 5.82 Å². The van der Waals surface area contributed by atoms with Crippen molar-refractivity contribution in [3.05, 3.63) is 53.9 Å². The van der Waals surface area contributed by atoms with Gasteiger partial charge in [0.15, 0.2) is 11.5 Å². The van der Waals surface area contributed by atoms with Gasteiger partial charge in [-0.25, -0.2) is 4.98 Å². The van der Waals surface area contributed by atoms with Crippen molar-refractivity contribution in [2.45, 2.75) is 19.8 Å². The highest BCUT2D eigenvalue weighted by Crippen LogP contribution is 2.37. The number of imide groups is 1. The van der Waals surface area contributed by atoms with Crippen LogP contribution in [0.1, 0.15) is 25.3 Å². The van der Waals surface area contributed by atoms with Crippen LogP contribution in [0.15, 0.2) is 48.3 Å². The second-order valence-electron chi connectivity index (χ2n) is 8.07. The summed E-state index contributed by atoms with van der Waals surface area (Å²) in [6.07, 6.45) is 3.46. The number of unbranched alkanes of at least 4 members (excludes halogenated alkanes) is 1. The van der Waals surface area contributed by atoms with Crippen molar-refractivity contribution >= 4 is 23.2 Å². The van der Waals surface area contributed by atoms with E-state index in [0.29, 0.717) is 48.0 Å². The molecule has 2 aromatic rings. The minimum absolute atomic E-state index is 0.218. The molecule has 0 spiro atoms. The van der Waals surface area contributed by atoms with Crippen molar-refractivity contribution in [2.24, 2.45) is 0 Å². The fraction of sp³-hybridized carbons (Fsp3) is 0.400. The van der Waals surface area contributed by atoms with Crippen molar-refractivity contribution in [2.75, 3.05) is 51.8 Å². The number of ether oxygens (including phenoxy) is 2. The molecule has 0 unspecified atom stereocenters. The lowest BCUT2D eigenvalue weighted by Gasteiger charge is -2.37. The van der Waals surface area contributed by atoms with Gasteiger partial charge >= 0.3 is 0 Å². The predicted molar refractivity (Wildman–Crippen MR) is 126 cm³/mol. The highest BCUT2D eigenvalue weighted by Gasteiger charge is 2.42. The van der Waals surface area contributed by atoms with Crippen LogP contribution in [0, 0.1) is 0 Å². The van der Waals surface area contributed by atoms with E-state index in [9.17, 15) is 9.59 Å². The molecule has 8 nitrogen and oxygen atoms in total. The van der Waals surface area contributed by atoms with E-state index in [4.69, 9.17) is 9.47 Å². The molecule has 3 heterocycles. The lowest BCUT2D eigenvalue weighted by Crippen LogP contribution is -2.48. The van der Waals surface area contributed by atoms with Crippen molar-refractivity contribution in [1.82, 2.24) is 14.8 Å². The smallest absolute Gasteiger partial charge is 0.277 e. The third-order valence-corrected chi connectivity index (χ3v) is 6.12. The molecule has 2 aliphatic rings. The number of aromatic nitrogens is 1. The Kier molecular flexibility index (Phi) is 6.82. The minimum Gasteiger partial charge on any atom is -0.493 e. The molecule has 1 saturated heterocycles. The maximum atomic E-state index is 13.5. The SMILES string of the molecule is CCCCN1C(=O)C(c2ccc(OC)c(OC)c2)=C(N2CCN(c3ccccn3)CC2)C1=O. The summed E-state index contributed by atoms with van der Waals surface area (Å²) >= 11 is 0. The average molecular weight is 451 g/mol. The molecule has 2 aliphatic heterocycles. The van der Waals surface area contributed by atoms with Crippen LogP contribution in [-0.4, -0.2) is 73.5 Å². The summed E-state index contributed by atoms with van der Waals surface area (Å²) in [5.74, 6) is 1.55. The molecule has 1 aromatic carbocycles. The van der Waals surface area contributed by atoms with E-state index in [2.05, 4.69) is 9.88 Å². The van der Waals surface area contributed by atoms with Gasteiger partial charge in [0.1, 0.15) is 11.5 Å². The second kappa shape index (κ2) is 9.94. The van der Waals surface area contributed by atoms with Crippen molar-refractivity contribution in [3.63, 3.8) is 0 Å². The summed E-state index contributed by atoms with van der Waals surface area (Å²) < 4.78 is 10.8. The summed E-state index contributed by atoms with van der Waals surface area (Å²) in [6.45, 7) is 5.16. The first-order valence-electron chi connectivity index (χ1n) is 11.3. The molecular formula is C25H30N4O4. The zero-order valence-electron chi connectivity index (χ0n) is 19.4. The molecule has 8 heteroatoms. The molecule has 0 radical (unpaired) electrons. The van der Waals surface area contributed by atoms with Gasteiger partial charge in [0.25, 0.3) is 11.8 Å². The number of methoxy groups -OCH3 is 2. The van der Waals surface area contributed by atoms with Crippen molar-refractivity contribution < 1.29 is 19.1 Å². The second-order valence-corrected chi connectivity index (χ2v) is 8.07. The first-order valence-corrected chi connectivity index (χ1v) is 11.3. The number of hydrogen-bond donors (Lipinski definition) is 0. The predicted octanol–water partition coefficient (Wildman–Crippen LogP) is 2.80. The van der Waals surface area contributed by atoms with E-state index in [0.717, 1.165) is 31.7 Å². The zero-order valence-corrected chi connectivity index (χ0v) is 19.4. The largest absolute Gasteiger partial charge is 0.493 e. The number of carbonyl (C=O) groups is 2. The van der Waals surface area contributed by atoms with E-state index in [1.165, 1.54) is 4.90 Å². The highest BCUT2D eigenvalue weighted by molar-refractivity contribution is 6.35. The van der Waals surface area contributed by atoms with Gasteiger partial charge in [-0.05, 0) is 36.2 Å². The van der Waals surface area contributed by atoms with Crippen LogP contribution in [0.5, 0.6) is 11.5 Å². The lowest BCUT2D eigenvalue weighted by molar-refractivity contribution is -0.137. The summed E-state index contributed by atoms with van der Waals surface area (Å²) in [6, 6.07) is 11.2. The number of anilines is 1. The molecule has 4 rings (SSSR count). The molecule has 0 bridgehead atoms.